The van der Waals surface area contributed by atoms with E-state index in [-0.39, 0.29) is 28.5 Å². The van der Waals surface area contributed by atoms with Crippen LogP contribution in [-0.4, -0.2) is 5.78 Å². The summed E-state index contributed by atoms with van der Waals surface area (Å²) in [6.07, 6.45) is 7.58. The van der Waals surface area contributed by atoms with Crippen LogP contribution in [0.5, 0.6) is 0 Å². The van der Waals surface area contributed by atoms with Crippen LogP contribution in [0.15, 0.2) is 21.5 Å². The molecular weight excluding hydrogens is 276 g/mol. The maximum atomic E-state index is 12.3. The Morgan fingerprint density at radius 2 is 1.95 bits per heavy atom. The van der Waals surface area contributed by atoms with Crippen molar-refractivity contribution in [2.75, 3.05) is 0 Å². The Balaban J connectivity index is 2.09. The highest BCUT2D eigenvalue weighted by atomic mass is 16.3. The molecule has 0 amide bonds. The summed E-state index contributed by atoms with van der Waals surface area (Å²) in [5, 5.41) is 0. The second-order valence-corrected chi connectivity index (χ2v) is 8.17. The van der Waals surface area contributed by atoms with E-state index >= 15 is 0 Å². The Morgan fingerprint density at radius 1 is 1.18 bits per heavy atom. The molecule has 1 saturated carbocycles. The first kappa shape index (κ1) is 15.5. The van der Waals surface area contributed by atoms with Gasteiger partial charge in [0, 0.05) is 30.9 Å². The molecule has 1 aromatic rings. The Kier molecular flexibility index (Phi) is 3.78. The van der Waals surface area contributed by atoms with Crippen LogP contribution < -0.4 is 5.43 Å². The van der Waals surface area contributed by atoms with Crippen molar-refractivity contribution in [3.63, 3.8) is 0 Å². The van der Waals surface area contributed by atoms with Gasteiger partial charge in [-0.05, 0) is 36.0 Å². The molecule has 1 aromatic heterocycles. The Hall–Kier alpha value is -1.38. The van der Waals surface area contributed by atoms with Gasteiger partial charge in [-0.15, -0.1) is 0 Å². The zero-order valence-corrected chi connectivity index (χ0v) is 13.9. The molecule has 2 aliphatic carbocycles. The van der Waals surface area contributed by atoms with Gasteiger partial charge in [0.1, 0.15) is 11.5 Å². The number of hydrogen-bond acceptors (Lipinski definition) is 3. The third-order valence-corrected chi connectivity index (χ3v) is 6.07. The van der Waals surface area contributed by atoms with E-state index in [1.54, 1.807) is 0 Å². The molecule has 0 aromatic carbocycles. The monoisotopic (exact) mass is 302 g/mol. The third kappa shape index (κ3) is 2.66. The van der Waals surface area contributed by atoms with Crippen LogP contribution in [0, 0.1) is 16.7 Å². The lowest BCUT2D eigenvalue weighted by molar-refractivity contribution is -0.119. The van der Waals surface area contributed by atoms with Crippen LogP contribution >= 0.6 is 0 Å². The van der Waals surface area contributed by atoms with Gasteiger partial charge in [-0.25, -0.2) is 0 Å². The molecule has 3 heteroatoms. The highest BCUT2D eigenvalue weighted by molar-refractivity contribution is 5.81. The van der Waals surface area contributed by atoms with E-state index in [9.17, 15) is 9.59 Å². The van der Waals surface area contributed by atoms with Crippen molar-refractivity contribution >= 4 is 5.78 Å². The van der Waals surface area contributed by atoms with Crippen molar-refractivity contribution in [3.8, 4) is 0 Å². The third-order valence-electron chi connectivity index (χ3n) is 6.07. The number of Topliss-reactive ketones (excluding diaryl/α,β-unsaturated/α-hetero) is 1. The minimum atomic E-state index is -0.0493. The fourth-order valence-corrected chi connectivity index (χ4v) is 4.97. The largest absolute Gasteiger partial charge is 0.469 e. The minimum absolute atomic E-state index is 0.0493. The predicted octanol–water partition coefficient (Wildman–Crippen LogP) is 3.92. The summed E-state index contributed by atoms with van der Waals surface area (Å²) >= 11 is 0. The summed E-state index contributed by atoms with van der Waals surface area (Å²) in [5.41, 5.74) is 0.898. The van der Waals surface area contributed by atoms with Crippen molar-refractivity contribution in [3.05, 3.63) is 33.9 Å². The molecule has 3 rings (SSSR count). The van der Waals surface area contributed by atoms with Crippen molar-refractivity contribution in [1.82, 2.24) is 0 Å². The molecule has 2 atom stereocenters. The topological polar surface area (TPSA) is 47.3 Å². The number of fused-ring (bicyclic) bond motifs is 2. The molecule has 0 radical (unpaired) electrons. The van der Waals surface area contributed by atoms with Crippen LogP contribution in [0.4, 0.5) is 0 Å². The Morgan fingerprint density at radius 3 is 2.73 bits per heavy atom. The summed E-state index contributed by atoms with van der Waals surface area (Å²) in [6, 6.07) is 1.44. The molecule has 0 unspecified atom stereocenters. The first-order valence-corrected chi connectivity index (χ1v) is 8.43. The fraction of sp³-hybridized carbons (Fsp3) is 0.684. The van der Waals surface area contributed by atoms with Gasteiger partial charge in [-0.3, -0.25) is 9.59 Å². The lowest BCUT2D eigenvalue weighted by Crippen LogP contribution is -2.43. The van der Waals surface area contributed by atoms with Gasteiger partial charge >= 0.3 is 0 Å². The standard InChI is InChI=1S/C19H26O3/c1-18(2)8-4-9-19(3)12-16-14(15(21)7-10-22-16)11-13(20)5-6-17(18)19/h7,10,17H,4-6,8-9,11-12H2,1-3H3/t17-,19+/m0/s1. The van der Waals surface area contributed by atoms with E-state index < -0.39 is 0 Å². The van der Waals surface area contributed by atoms with Gasteiger partial charge in [0.05, 0.1) is 6.26 Å². The molecular formula is C19H26O3. The molecule has 1 heterocycles. The van der Waals surface area contributed by atoms with E-state index in [1.807, 2.05) is 0 Å². The quantitative estimate of drug-likeness (QED) is 0.729. The summed E-state index contributed by atoms with van der Waals surface area (Å²) in [4.78, 5) is 24.5. The molecule has 2 aliphatic rings. The second kappa shape index (κ2) is 5.36. The number of carbonyl (C=O) groups is 1. The molecule has 22 heavy (non-hydrogen) atoms. The highest BCUT2D eigenvalue weighted by Gasteiger charge is 2.47. The molecule has 0 spiro atoms. The number of ketones is 1. The summed E-state index contributed by atoms with van der Waals surface area (Å²) in [7, 11) is 0. The molecule has 0 saturated heterocycles. The average molecular weight is 302 g/mol. The van der Waals surface area contributed by atoms with Crippen LogP contribution in [0.3, 0.4) is 0 Å². The van der Waals surface area contributed by atoms with Crippen LogP contribution in [0.2, 0.25) is 0 Å². The van der Waals surface area contributed by atoms with E-state index in [4.69, 9.17) is 4.42 Å². The normalized spacial score (nSPS) is 31.4. The van der Waals surface area contributed by atoms with E-state index in [2.05, 4.69) is 20.8 Å². The lowest BCUT2D eigenvalue weighted by Gasteiger charge is -2.51. The van der Waals surface area contributed by atoms with Gasteiger partial charge < -0.3 is 4.42 Å². The first-order valence-electron chi connectivity index (χ1n) is 8.43. The van der Waals surface area contributed by atoms with Gasteiger partial charge in [0.2, 0.25) is 0 Å². The van der Waals surface area contributed by atoms with Crippen molar-refractivity contribution in [2.45, 2.75) is 65.7 Å². The van der Waals surface area contributed by atoms with Crippen LogP contribution in [-0.2, 0) is 17.6 Å². The van der Waals surface area contributed by atoms with Crippen molar-refractivity contribution in [1.29, 1.82) is 0 Å². The van der Waals surface area contributed by atoms with Crippen molar-refractivity contribution in [2.24, 2.45) is 16.7 Å². The summed E-state index contributed by atoms with van der Waals surface area (Å²) in [6.45, 7) is 6.99. The lowest BCUT2D eigenvalue weighted by atomic mass is 9.54. The average Bonchev–Trinajstić information content (AvgIpc) is 2.46. The zero-order valence-electron chi connectivity index (χ0n) is 13.9. The van der Waals surface area contributed by atoms with Gasteiger partial charge in [-0.1, -0.05) is 27.2 Å². The number of carbonyl (C=O) groups excluding carboxylic acids is 1. The smallest absolute Gasteiger partial charge is 0.188 e. The SMILES string of the molecule is CC1(C)CCC[C@]2(C)Cc3occc(=O)c3CC(=O)CC[C@@H]12. The van der Waals surface area contributed by atoms with Crippen LogP contribution in [0.1, 0.15) is 64.2 Å². The van der Waals surface area contributed by atoms with E-state index in [0.717, 1.165) is 25.0 Å². The second-order valence-electron chi connectivity index (χ2n) is 8.17. The number of hydrogen-bond donors (Lipinski definition) is 0. The molecule has 3 nitrogen and oxygen atoms in total. The maximum Gasteiger partial charge on any atom is 0.188 e. The highest BCUT2D eigenvalue weighted by Crippen LogP contribution is 2.54. The Bertz CT molecular complexity index is 640. The zero-order chi connectivity index (χ0) is 16.0. The van der Waals surface area contributed by atoms with Gasteiger partial charge in [0.25, 0.3) is 0 Å². The maximum absolute atomic E-state index is 12.3. The minimum Gasteiger partial charge on any atom is -0.469 e. The predicted molar refractivity (Wildman–Crippen MR) is 85.9 cm³/mol. The van der Waals surface area contributed by atoms with Gasteiger partial charge in [0.15, 0.2) is 5.43 Å². The molecule has 0 bridgehead atoms. The molecule has 0 N–H and O–H groups in total. The number of rotatable bonds is 0. The summed E-state index contributed by atoms with van der Waals surface area (Å²) in [5.74, 6) is 1.41. The molecule has 0 aliphatic heterocycles. The van der Waals surface area contributed by atoms with E-state index in [1.165, 1.54) is 25.2 Å². The van der Waals surface area contributed by atoms with E-state index in [0.29, 0.717) is 17.9 Å². The van der Waals surface area contributed by atoms with Gasteiger partial charge in [-0.2, -0.15) is 0 Å². The van der Waals surface area contributed by atoms with Crippen LogP contribution in [0.25, 0.3) is 0 Å². The Labute approximate surface area is 132 Å². The fourth-order valence-electron chi connectivity index (χ4n) is 4.97. The summed E-state index contributed by atoms with van der Waals surface area (Å²) < 4.78 is 5.70. The molecule has 1 fully saturated rings. The molecule has 120 valence electrons. The van der Waals surface area contributed by atoms with Crippen molar-refractivity contribution < 1.29 is 9.21 Å². The first-order chi connectivity index (χ1) is 10.3.